The van der Waals surface area contributed by atoms with Gasteiger partial charge in [-0.25, -0.2) is 9.78 Å². The highest BCUT2D eigenvalue weighted by atomic mass is 32.1. The lowest BCUT2D eigenvalue weighted by atomic mass is 9.93. The van der Waals surface area contributed by atoms with Gasteiger partial charge >= 0.3 is 5.97 Å². The molecule has 0 saturated carbocycles. The summed E-state index contributed by atoms with van der Waals surface area (Å²) in [6.07, 6.45) is 3.72. The Balaban J connectivity index is 1.87. The first-order valence-electron chi connectivity index (χ1n) is 11.6. The maximum absolute atomic E-state index is 13.1. The van der Waals surface area contributed by atoms with E-state index in [0.29, 0.717) is 25.0 Å². The second-order valence-electron chi connectivity index (χ2n) is 8.31. The van der Waals surface area contributed by atoms with Gasteiger partial charge in [0.25, 0.3) is 5.91 Å². The van der Waals surface area contributed by atoms with E-state index in [0.717, 1.165) is 38.6 Å². The van der Waals surface area contributed by atoms with E-state index in [1.165, 1.54) is 0 Å². The maximum Gasteiger partial charge on any atom is 0.326 e. The number of nitrogens with one attached hydrogen (secondary N) is 1. The van der Waals surface area contributed by atoms with Crippen molar-refractivity contribution in [1.82, 2.24) is 10.3 Å². The zero-order valence-electron chi connectivity index (χ0n) is 20.1. The van der Waals surface area contributed by atoms with Gasteiger partial charge in [0.05, 0.1) is 22.6 Å². The lowest BCUT2D eigenvalue weighted by molar-refractivity contribution is -0.139. The van der Waals surface area contributed by atoms with Crippen LogP contribution < -0.4 is 5.32 Å². The molecule has 0 fully saturated rings. The van der Waals surface area contributed by atoms with Crippen molar-refractivity contribution >= 4 is 23.2 Å². The molecule has 2 N–H and O–H groups in total. The Kier molecular flexibility index (Phi) is 8.96. The van der Waals surface area contributed by atoms with Crippen molar-refractivity contribution in [3.05, 3.63) is 75.2 Å². The average molecular weight is 481 g/mol. The second kappa shape index (κ2) is 11.9. The summed E-state index contributed by atoms with van der Waals surface area (Å²) in [7, 11) is 0. The number of thiazole rings is 1. The van der Waals surface area contributed by atoms with Crippen LogP contribution >= 0.6 is 11.3 Å². The summed E-state index contributed by atoms with van der Waals surface area (Å²) in [4.78, 5) is 30.2. The predicted octanol–water partition coefficient (Wildman–Crippen LogP) is 5.94. The summed E-state index contributed by atoms with van der Waals surface area (Å²) in [5.41, 5.74) is 4.10. The predicted molar refractivity (Wildman–Crippen MR) is 135 cm³/mol. The van der Waals surface area contributed by atoms with Crippen LogP contribution in [0.15, 0.2) is 48.7 Å². The molecule has 0 aliphatic carbocycles. The molecule has 7 heteroatoms. The minimum atomic E-state index is -1.03. The summed E-state index contributed by atoms with van der Waals surface area (Å²) < 4.78 is 6.11. The molecule has 0 bridgehead atoms. The molecular formula is C27H32N2O4S. The zero-order chi connectivity index (χ0) is 24.7. The maximum atomic E-state index is 13.1. The van der Waals surface area contributed by atoms with Gasteiger partial charge in [-0.15, -0.1) is 11.3 Å². The van der Waals surface area contributed by atoms with Crippen LogP contribution in [0.5, 0.6) is 0 Å². The Bertz CT molecular complexity index is 1140. The summed E-state index contributed by atoms with van der Waals surface area (Å²) in [6, 6.07) is 12.5. The Morgan fingerprint density at radius 1 is 1.15 bits per heavy atom. The molecule has 0 saturated heterocycles. The molecule has 1 amide bonds. The van der Waals surface area contributed by atoms with Crippen LogP contribution in [0, 0.1) is 6.92 Å². The number of nitrogens with zero attached hydrogens (tertiary/aromatic N) is 1. The minimum absolute atomic E-state index is 0.0898. The number of amides is 1. The molecule has 1 heterocycles. The van der Waals surface area contributed by atoms with E-state index in [1.54, 1.807) is 17.4 Å². The van der Waals surface area contributed by atoms with Crippen LogP contribution in [0.4, 0.5) is 0 Å². The summed E-state index contributed by atoms with van der Waals surface area (Å²) in [5, 5.41) is 13.2. The lowest BCUT2D eigenvalue weighted by Gasteiger charge is -2.18. The monoisotopic (exact) mass is 480 g/mol. The first kappa shape index (κ1) is 25.6. The van der Waals surface area contributed by atoms with Crippen LogP contribution in [0.25, 0.3) is 11.1 Å². The number of carboxylic acids is 1. The third-order valence-corrected chi connectivity index (χ3v) is 7.02. The van der Waals surface area contributed by atoms with Gasteiger partial charge in [-0.3, -0.25) is 4.79 Å². The molecular weight excluding hydrogens is 448 g/mol. The number of aromatic nitrogens is 1. The smallest absolute Gasteiger partial charge is 0.326 e. The van der Waals surface area contributed by atoms with Gasteiger partial charge in [0.2, 0.25) is 0 Å². The van der Waals surface area contributed by atoms with Crippen molar-refractivity contribution in [2.75, 3.05) is 0 Å². The summed E-state index contributed by atoms with van der Waals surface area (Å²) >= 11 is 1.66. The van der Waals surface area contributed by atoms with Crippen molar-refractivity contribution < 1.29 is 19.4 Å². The molecule has 0 aliphatic heterocycles. The first-order chi connectivity index (χ1) is 16.3. The number of rotatable bonds is 11. The molecule has 6 nitrogen and oxygen atoms in total. The fraction of sp³-hybridized carbons (Fsp3) is 0.370. The van der Waals surface area contributed by atoms with Gasteiger partial charge in [0.1, 0.15) is 6.04 Å². The minimum Gasteiger partial charge on any atom is -0.480 e. The quantitative estimate of drug-likeness (QED) is 0.354. The van der Waals surface area contributed by atoms with Gasteiger partial charge in [-0.05, 0) is 61.1 Å². The number of carbonyl (C=O) groups is 2. The van der Waals surface area contributed by atoms with E-state index in [9.17, 15) is 14.7 Å². The van der Waals surface area contributed by atoms with Crippen molar-refractivity contribution in [3.8, 4) is 11.1 Å². The molecule has 2 aromatic carbocycles. The number of aliphatic carboxylic acids is 1. The van der Waals surface area contributed by atoms with Gasteiger partial charge in [0, 0.05) is 11.8 Å². The molecule has 3 rings (SSSR count). The SMILES string of the molecule is CCCC(NC(=O)c1ccc(COC(C)c2cnc(CC)s2)cc1-c1ccccc1C)C(=O)O. The number of hydrogen-bond donors (Lipinski definition) is 2. The Hall–Kier alpha value is -3.03. The van der Waals surface area contributed by atoms with E-state index in [4.69, 9.17) is 4.74 Å². The average Bonchev–Trinajstić information content (AvgIpc) is 3.32. The number of benzene rings is 2. The molecule has 1 aromatic heterocycles. The molecule has 0 aliphatic rings. The van der Waals surface area contributed by atoms with Crippen molar-refractivity contribution in [2.24, 2.45) is 0 Å². The van der Waals surface area contributed by atoms with Gasteiger partial charge < -0.3 is 15.2 Å². The highest BCUT2D eigenvalue weighted by molar-refractivity contribution is 7.11. The lowest BCUT2D eigenvalue weighted by Crippen LogP contribution is -2.40. The van der Waals surface area contributed by atoms with Gasteiger partial charge in [-0.1, -0.05) is 50.6 Å². The van der Waals surface area contributed by atoms with E-state index >= 15 is 0 Å². The molecule has 2 atom stereocenters. The highest BCUT2D eigenvalue weighted by Crippen LogP contribution is 2.30. The molecule has 3 aromatic rings. The fourth-order valence-electron chi connectivity index (χ4n) is 3.74. The van der Waals surface area contributed by atoms with Gasteiger partial charge in [-0.2, -0.15) is 0 Å². The van der Waals surface area contributed by atoms with Crippen LogP contribution in [0.3, 0.4) is 0 Å². The largest absolute Gasteiger partial charge is 0.480 e. The summed E-state index contributed by atoms with van der Waals surface area (Å²) in [6.45, 7) is 8.37. The standard InChI is InChI=1S/C27H32N2O4S/c1-5-9-23(27(31)32)29-26(30)21-13-12-19(14-22(21)20-11-8-7-10-17(20)3)16-33-18(4)24-15-28-25(6-2)34-24/h7-8,10-15,18,23H,5-6,9,16H2,1-4H3,(H,29,30)(H,31,32). The Labute approximate surface area is 205 Å². The molecule has 2 unspecified atom stereocenters. The van der Waals surface area contributed by atoms with Crippen LogP contribution in [0.1, 0.15) is 71.1 Å². The normalized spacial score (nSPS) is 12.8. The first-order valence-corrected chi connectivity index (χ1v) is 12.4. The third-order valence-electron chi connectivity index (χ3n) is 5.72. The number of carbonyl (C=O) groups excluding carboxylic acids is 1. The van der Waals surface area contributed by atoms with E-state index in [2.05, 4.69) is 17.2 Å². The van der Waals surface area contributed by atoms with Crippen LogP contribution in [-0.2, 0) is 22.6 Å². The molecule has 0 radical (unpaired) electrons. The summed E-state index contributed by atoms with van der Waals surface area (Å²) in [5.74, 6) is -1.42. The fourth-order valence-corrected chi connectivity index (χ4v) is 4.60. The van der Waals surface area contributed by atoms with Crippen LogP contribution in [-0.4, -0.2) is 28.0 Å². The van der Waals surface area contributed by atoms with Crippen molar-refractivity contribution in [3.63, 3.8) is 0 Å². The van der Waals surface area contributed by atoms with Crippen LogP contribution in [0.2, 0.25) is 0 Å². The van der Waals surface area contributed by atoms with Gasteiger partial charge in [0.15, 0.2) is 0 Å². The van der Waals surface area contributed by atoms with E-state index in [-0.39, 0.29) is 6.10 Å². The second-order valence-corrected chi connectivity index (χ2v) is 9.46. The highest BCUT2D eigenvalue weighted by Gasteiger charge is 2.22. The van der Waals surface area contributed by atoms with E-state index in [1.807, 2.05) is 63.4 Å². The topological polar surface area (TPSA) is 88.5 Å². The van der Waals surface area contributed by atoms with E-state index < -0.39 is 17.9 Å². The number of hydrogen-bond acceptors (Lipinski definition) is 5. The van der Waals surface area contributed by atoms with Crippen molar-refractivity contribution in [1.29, 1.82) is 0 Å². The Morgan fingerprint density at radius 2 is 1.91 bits per heavy atom. The molecule has 0 spiro atoms. The number of ether oxygens (including phenoxy) is 1. The third kappa shape index (κ3) is 6.30. The van der Waals surface area contributed by atoms with Crippen molar-refractivity contribution in [2.45, 2.75) is 65.7 Å². The number of aryl methyl sites for hydroxylation is 2. The molecule has 180 valence electrons. The zero-order valence-corrected chi connectivity index (χ0v) is 20.9. The number of carboxylic acid groups (broad SMARTS) is 1. The Morgan fingerprint density at radius 3 is 2.56 bits per heavy atom. The molecule has 34 heavy (non-hydrogen) atoms.